The van der Waals surface area contributed by atoms with Gasteiger partial charge in [0.05, 0.1) is 38.1 Å². The number of ether oxygens (including phenoxy) is 2. The van der Waals surface area contributed by atoms with Crippen molar-refractivity contribution in [3.63, 3.8) is 0 Å². The number of halogens is 17. The van der Waals surface area contributed by atoms with Crippen LogP contribution in [0.25, 0.3) is 64.6 Å². The molecule has 40 heteroatoms. The molecule has 20 nitrogen and oxygen atoms in total. The van der Waals surface area contributed by atoms with E-state index in [9.17, 15) is 9.59 Å². The third-order valence-electron chi connectivity index (χ3n) is 14.2. The molecule has 0 atom stereocenters. The molecule has 0 spiro atoms. The largest absolute Gasteiger partial charge is 0.492 e. The molecule has 9 aromatic heterocycles. The van der Waals surface area contributed by atoms with Crippen LogP contribution in [0.2, 0.25) is 5.02 Å². The van der Waals surface area contributed by atoms with E-state index in [1.54, 1.807) is 100.0 Å². The molecular weight excluding hydrogens is 2080 g/mol. The number of furan rings is 1. The molecule has 0 N–H and O–H groups in total. The maximum absolute atomic E-state index is 12.8. The molecule has 0 amide bonds. The predicted octanol–water partition coefficient (Wildman–Crippen LogP) is 26.5. The summed E-state index contributed by atoms with van der Waals surface area (Å²) in [6.45, 7) is 16.9. The lowest BCUT2D eigenvalue weighted by Crippen LogP contribution is -2.12. The maximum Gasteiger partial charge on any atom is 0.250 e. The van der Waals surface area contributed by atoms with Crippen LogP contribution < -0.4 is 20.3 Å². The van der Waals surface area contributed by atoms with Gasteiger partial charge >= 0.3 is 0 Å². The van der Waals surface area contributed by atoms with Crippen LogP contribution in [0.5, 0.6) is 17.2 Å². The Bertz CT molecular complexity index is 5680. The summed E-state index contributed by atoms with van der Waals surface area (Å²) in [5.74, 6) is 9.60. The van der Waals surface area contributed by atoms with Gasteiger partial charge in [-0.3, -0.25) is 9.59 Å². The summed E-state index contributed by atoms with van der Waals surface area (Å²) in [5, 5.41) is 5.12. The van der Waals surface area contributed by atoms with Gasteiger partial charge in [0.2, 0.25) is 15.2 Å². The lowest BCUT2D eigenvalue weighted by molar-refractivity contribution is 0.321. The smallest absolute Gasteiger partial charge is 0.250 e. The van der Waals surface area contributed by atoms with Gasteiger partial charge in [0.15, 0.2) is 53.8 Å². The number of aryl methyl sites for hydroxylation is 8. The van der Waals surface area contributed by atoms with E-state index in [1.165, 1.54) is 11.3 Å². The molecule has 0 aliphatic rings. The fourth-order valence-electron chi connectivity index (χ4n) is 9.50. The fraction of sp³-hybridized carbons (Fsp3) is 0.224. The van der Waals surface area contributed by atoms with E-state index < -0.39 is 17.3 Å². The molecule has 0 fully saturated rings. The molecule has 14 rings (SSSR count). The molecule has 0 unspecified atom stereocenters. The van der Waals surface area contributed by atoms with Gasteiger partial charge in [-0.1, -0.05) is 261 Å². The van der Waals surface area contributed by atoms with Crippen molar-refractivity contribution in [2.24, 2.45) is 0 Å². The number of alkyl halides is 15. The van der Waals surface area contributed by atoms with Gasteiger partial charge in [0.1, 0.15) is 69.6 Å². The molecule has 0 bridgehead atoms. The van der Waals surface area contributed by atoms with Gasteiger partial charge in [-0.2, -0.15) is 0 Å². The Morgan fingerprint density at radius 1 is 0.440 bits per heavy atom. The minimum Gasteiger partial charge on any atom is -0.492 e. The minimum atomic E-state index is -1.67. The molecule has 116 heavy (non-hydrogen) atoms. The van der Waals surface area contributed by atoms with Crippen LogP contribution in [-0.4, -0.2) is 81.4 Å². The Labute approximate surface area is 776 Å². The van der Waals surface area contributed by atoms with Gasteiger partial charge in [-0.25, -0.2) is 74.8 Å². The van der Waals surface area contributed by atoms with Gasteiger partial charge in [0, 0.05) is 35.9 Å². The van der Waals surface area contributed by atoms with Crippen LogP contribution in [0.15, 0.2) is 158 Å². The summed E-state index contributed by atoms with van der Waals surface area (Å²) in [6.07, 6.45) is 10.3. The van der Waals surface area contributed by atoms with Crippen LogP contribution in [0, 0.1) is 48.5 Å². The second-order valence-corrected chi connectivity index (χ2v) is 43.6. The van der Waals surface area contributed by atoms with Crippen molar-refractivity contribution in [2.45, 2.75) is 92.5 Å². The second-order valence-electron chi connectivity index (χ2n) is 23.4. The average Bonchev–Trinajstić information content (AvgIpc) is 0.841. The lowest BCUT2D eigenvalue weighted by atomic mass is 10.2. The third-order valence-corrected chi connectivity index (χ3v) is 21.5. The molecule has 14 aromatic rings. The summed E-state index contributed by atoms with van der Waals surface area (Å²) in [7, 11) is 0. The number of rotatable bonds is 10. The zero-order chi connectivity index (χ0) is 85.0. The lowest BCUT2D eigenvalue weighted by Gasteiger charge is -2.10. The number of thiophene rings is 1. The molecule has 0 aliphatic heterocycles. The molecule has 606 valence electrons. The first-order chi connectivity index (χ1) is 54.6. The highest BCUT2D eigenvalue weighted by Crippen LogP contribution is 2.44. The zero-order valence-electron chi connectivity index (χ0n) is 61.6. The monoisotopic (exact) mass is 2130 g/mol. The number of para-hydroxylation sites is 1. The van der Waals surface area contributed by atoms with Crippen LogP contribution >= 0.6 is 249 Å². The van der Waals surface area contributed by atoms with E-state index in [0.29, 0.717) is 110 Å². The van der Waals surface area contributed by atoms with Crippen LogP contribution in [0.3, 0.4) is 0 Å². The van der Waals surface area contributed by atoms with E-state index in [4.69, 9.17) is 165 Å². The van der Waals surface area contributed by atoms with Crippen molar-refractivity contribution < 1.29 is 13.9 Å². The number of benzene rings is 5. The Morgan fingerprint density at radius 3 is 1.34 bits per heavy atom. The molecule has 0 saturated heterocycles. The highest BCUT2D eigenvalue weighted by Gasteiger charge is 2.31. The second kappa shape index (κ2) is 44.0. The highest BCUT2D eigenvalue weighted by atomic mass is 80.0. The minimum absolute atomic E-state index is 0.0575. The number of hydrogen-bond acceptors (Lipinski definition) is 23. The average molecular weight is 2140 g/mol. The molecule has 0 radical (unpaired) electrons. The highest BCUT2D eigenvalue weighted by molar-refractivity contribution is 9.38. The first-order valence-electron chi connectivity index (χ1n) is 33.6. The van der Waals surface area contributed by atoms with Crippen molar-refractivity contribution in [3.05, 3.63) is 267 Å². The summed E-state index contributed by atoms with van der Waals surface area (Å²) in [4.78, 5) is 87.0. The van der Waals surface area contributed by atoms with E-state index in [1.807, 2.05) is 141 Å². The molecule has 0 aliphatic carbocycles. The third kappa shape index (κ3) is 29.5. The Morgan fingerprint density at radius 2 is 0.879 bits per heavy atom. The number of aromatic nitrogens is 15. The topological polar surface area (TPSA) is 259 Å². The first-order valence-corrected chi connectivity index (χ1v) is 44.2. The number of nitrogens with zero attached hydrogens (tertiary/aromatic N) is 15. The van der Waals surface area contributed by atoms with E-state index in [0.717, 1.165) is 51.5 Å². The molecular formula is C76H60Br4Cl13N15O5S3. The van der Waals surface area contributed by atoms with Crippen LogP contribution in [0.4, 0.5) is 0 Å². The standard InChI is InChI=1S/C19H11ClO2S.C16H13BrO2S.C11H8Cl3N3O.C11H8Cl3N3S.C7H8Cl3N3.C6H6Br3N3.C6H6Cl3N3/c20-14-10-11-15(22-12-6-2-1-3-7-12)19-17(14)18(21)13-8-4-5-9-16(13)23-19;1-2-9-19-12-8-7-11(17)14-15(18)10-5-3-4-6-13(10)20-16(12)14;2*1-7-15-9(5-4-8-3-2-6-18-8)17-10(16-7)11(12,13)14;1-3-5-11-4(2)12-6(13-5)7(8,9)10;2*1-3-10-4(2)12-5(11-3)6(7,8)9/h1-11H;3-8H,2,9H2,1H3;2*2-6H,1H3;3H2,1-2H3;2*1-2H3/b;;2*5-4+;;;. The van der Waals surface area contributed by atoms with Gasteiger partial charge in [-0.05, 0) is 179 Å². The maximum atomic E-state index is 12.8. The van der Waals surface area contributed by atoms with Gasteiger partial charge in [0.25, 0.3) is 0 Å². The molecule has 5 aromatic carbocycles. The molecule has 0 saturated carbocycles. The van der Waals surface area contributed by atoms with E-state index in [-0.39, 0.29) is 34.2 Å². The Kier molecular flexibility index (Phi) is 36.4. The fourth-order valence-corrected chi connectivity index (χ4v) is 14.9. The number of fused-ring (bicyclic) bond motifs is 4. The van der Waals surface area contributed by atoms with Crippen molar-refractivity contribution in [1.82, 2.24) is 74.8 Å². The van der Waals surface area contributed by atoms with Crippen molar-refractivity contribution >= 4 is 313 Å². The summed E-state index contributed by atoms with van der Waals surface area (Å²) < 4.78 is 14.3. The quantitative estimate of drug-likeness (QED) is 0.0910. The van der Waals surface area contributed by atoms with Crippen LogP contribution in [-0.2, 0) is 23.7 Å². The van der Waals surface area contributed by atoms with Crippen molar-refractivity contribution in [1.29, 1.82) is 0 Å². The first kappa shape index (κ1) is 96.1. The molecule has 9 heterocycles. The van der Waals surface area contributed by atoms with Gasteiger partial charge < -0.3 is 13.9 Å². The van der Waals surface area contributed by atoms with Crippen molar-refractivity contribution in [2.75, 3.05) is 6.61 Å². The Balaban J connectivity index is 0.000000171. The van der Waals surface area contributed by atoms with Gasteiger partial charge in [-0.15, -0.1) is 34.0 Å². The predicted molar refractivity (Wildman–Crippen MR) is 494 cm³/mol. The summed E-state index contributed by atoms with van der Waals surface area (Å²) >= 11 is 92.7. The van der Waals surface area contributed by atoms with E-state index in [2.05, 4.69) is 145 Å². The van der Waals surface area contributed by atoms with E-state index >= 15 is 0 Å². The van der Waals surface area contributed by atoms with Crippen molar-refractivity contribution in [3.8, 4) is 17.2 Å². The Hall–Kier alpha value is -5.32. The normalized spacial score (nSPS) is 11.6. The summed E-state index contributed by atoms with van der Waals surface area (Å²) in [5.41, 5.74) is 0.000958. The SMILES string of the molecule is CCCOc1ccc(Br)c2c(=O)c3ccccc3sc12.CCc1nc(C)nc(C(Cl)(Cl)Cl)n1.Cc1nc(/C=C/c2ccco2)nc(C(Cl)(Cl)Cl)n1.Cc1nc(/C=C/c2cccs2)nc(C(Cl)(Cl)Cl)n1.Cc1nc(C)nc(C(Br)(Br)Br)n1.Cc1nc(C)nc(C(Cl)(Cl)Cl)n1.O=c1c2ccccc2sc2c(Oc3ccccc3)ccc(Cl)c12. The van der Waals surface area contributed by atoms with Crippen LogP contribution in [0.1, 0.15) is 118 Å². The number of hydrogen-bond donors (Lipinski definition) is 0. The summed E-state index contributed by atoms with van der Waals surface area (Å²) in [6, 6.07) is 39.6. The zero-order valence-corrected chi connectivity index (χ0v) is 80.2.